The van der Waals surface area contributed by atoms with Gasteiger partial charge in [-0.2, -0.15) is 0 Å². The second-order valence-corrected chi connectivity index (χ2v) is 8.15. The number of fused-ring (bicyclic) bond motifs is 1. The highest BCUT2D eigenvalue weighted by molar-refractivity contribution is 7.99. The number of hydrogen-bond donors (Lipinski definition) is 0. The first-order chi connectivity index (χ1) is 14.9. The van der Waals surface area contributed by atoms with Gasteiger partial charge in [-0.25, -0.2) is 9.37 Å². The number of carbonyl (C=O) groups is 2. The summed E-state index contributed by atoms with van der Waals surface area (Å²) < 4.78 is 15.2. The summed E-state index contributed by atoms with van der Waals surface area (Å²) in [6.07, 6.45) is 0. The molecule has 2 amide bonds. The molecule has 4 rings (SSSR count). The van der Waals surface area contributed by atoms with E-state index in [9.17, 15) is 18.8 Å². The summed E-state index contributed by atoms with van der Waals surface area (Å²) >= 11 is 1.14. The highest BCUT2D eigenvalue weighted by Gasteiger charge is 2.23. The highest BCUT2D eigenvalue weighted by Crippen LogP contribution is 2.22. The van der Waals surface area contributed by atoms with Crippen molar-refractivity contribution in [2.75, 3.05) is 31.9 Å². The molecule has 1 fully saturated rings. The van der Waals surface area contributed by atoms with E-state index in [0.29, 0.717) is 47.9 Å². The van der Waals surface area contributed by atoms with Crippen LogP contribution in [-0.2, 0) is 9.59 Å². The largest absolute Gasteiger partial charge is 0.339 e. The molecule has 0 bridgehead atoms. The summed E-state index contributed by atoms with van der Waals surface area (Å²) in [5.74, 6) is -0.476. The smallest absolute Gasteiger partial charge is 0.266 e. The van der Waals surface area contributed by atoms with E-state index in [0.717, 1.165) is 11.8 Å². The molecule has 7 nitrogen and oxygen atoms in total. The Morgan fingerprint density at radius 2 is 1.74 bits per heavy atom. The summed E-state index contributed by atoms with van der Waals surface area (Å²) in [7, 11) is 0. The predicted octanol–water partition coefficient (Wildman–Crippen LogP) is 2.31. The van der Waals surface area contributed by atoms with E-state index >= 15 is 0 Å². The maximum atomic E-state index is 13.8. The van der Waals surface area contributed by atoms with E-state index in [-0.39, 0.29) is 23.1 Å². The van der Waals surface area contributed by atoms with Crippen LogP contribution in [0, 0.1) is 5.82 Å². The lowest BCUT2D eigenvalue weighted by atomic mass is 10.2. The van der Waals surface area contributed by atoms with Gasteiger partial charge in [-0.1, -0.05) is 30.0 Å². The number of benzene rings is 2. The van der Waals surface area contributed by atoms with Crippen molar-refractivity contribution < 1.29 is 14.0 Å². The predicted molar refractivity (Wildman–Crippen MR) is 117 cm³/mol. The van der Waals surface area contributed by atoms with Crippen molar-refractivity contribution >= 4 is 34.5 Å². The van der Waals surface area contributed by atoms with Gasteiger partial charge in [0.05, 0.1) is 22.3 Å². The Hall–Kier alpha value is -3.20. The van der Waals surface area contributed by atoms with Crippen LogP contribution in [0.15, 0.2) is 58.5 Å². The number of para-hydroxylation sites is 1. The average Bonchev–Trinajstić information content (AvgIpc) is 2.77. The van der Waals surface area contributed by atoms with Crippen LogP contribution in [0.2, 0.25) is 0 Å². The normalized spacial score (nSPS) is 14.1. The molecule has 0 aliphatic carbocycles. The highest BCUT2D eigenvalue weighted by atomic mass is 32.2. The van der Waals surface area contributed by atoms with Crippen LogP contribution in [0.4, 0.5) is 4.39 Å². The van der Waals surface area contributed by atoms with Crippen LogP contribution in [-0.4, -0.2) is 63.1 Å². The number of amides is 2. The molecule has 1 aliphatic heterocycles. The molecular weight excluding hydrogens is 419 g/mol. The average molecular weight is 441 g/mol. The van der Waals surface area contributed by atoms with Crippen LogP contribution in [0.3, 0.4) is 0 Å². The second kappa shape index (κ2) is 8.89. The van der Waals surface area contributed by atoms with Crippen LogP contribution < -0.4 is 5.56 Å². The van der Waals surface area contributed by atoms with Crippen LogP contribution in [0.5, 0.6) is 0 Å². The first-order valence-electron chi connectivity index (χ1n) is 9.88. The van der Waals surface area contributed by atoms with Gasteiger partial charge in [0.2, 0.25) is 11.8 Å². The number of hydrogen-bond acceptors (Lipinski definition) is 5. The maximum absolute atomic E-state index is 13.8. The molecule has 0 spiro atoms. The van der Waals surface area contributed by atoms with E-state index in [1.54, 1.807) is 40.1 Å². The van der Waals surface area contributed by atoms with Crippen molar-refractivity contribution in [3.05, 3.63) is 64.7 Å². The zero-order valence-corrected chi connectivity index (χ0v) is 17.8. The van der Waals surface area contributed by atoms with Gasteiger partial charge in [-0.05, 0) is 30.3 Å². The van der Waals surface area contributed by atoms with Crippen molar-refractivity contribution in [2.45, 2.75) is 12.1 Å². The second-order valence-electron chi connectivity index (χ2n) is 7.21. The fourth-order valence-corrected chi connectivity index (χ4v) is 4.46. The lowest BCUT2D eigenvalue weighted by molar-refractivity contribution is -0.136. The fourth-order valence-electron chi connectivity index (χ4n) is 3.54. The number of aromatic nitrogens is 2. The molecule has 0 atom stereocenters. The Labute approximate surface area is 182 Å². The third kappa shape index (κ3) is 4.46. The molecule has 1 saturated heterocycles. The summed E-state index contributed by atoms with van der Waals surface area (Å²) in [4.78, 5) is 45.4. The number of thioether (sulfide) groups is 1. The van der Waals surface area contributed by atoms with Crippen LogP contribution in [0.1, 0.15) is 6.92 Å². The Bertz CT molecular complexity index is 1200. The first-order valence-corrected chi connectivity index (χ1v) is 10.9. The summed E-state index contributed by atoms with van der Waals surface area (Å²) in [6.45, 7) is 3.48. The van der Waals surface area contributed by atoms with Gasteiger partial charge in [0.15, 0.2) is 5.16 Å². The standard InChI is InChI=1S/C22H21FN4O3S/c1-15(28)25-9-11-26(12-10-25)20(29)14-31-22-24-19-8-3-2-7-18(19)21(30)27(22)17-6-4-5-16(23)13-17/h2-8,13H,9-12,14H2,1H3. The minimum Gasteiger partial charge on any atom is -0.339 e. The summed E-state index contributed by atoms with van der Waals surface area (Å²) in [5, 5.41) is 0.743. The third-order valence-corrected chi connectivity index (χ3v) is 6.14. The molecular formula is C22H21FN4O3S. The van der Waals surface area contributed by atoms with E-state index in [1.807, 2.05) is 0 Å². The Balaban J connectivity index is 1.61. The molecule has 3 aromatic rings. The maximum Gasteiger partial charge on any atom is 0.266 e. The van der Waals surface area contributed by atoms with Gasteiger partial charge in [0.25, 0.3) is 5.56 Å². The van der Waals surface area contributed by atoms with Crippen molar-refractivity contribution in [2.24, 2.45) is 0 Å². The number of nitrogens with zero attached hydrogens (tertiary/aromatic N) is 4. The zero-order chi connectivity index (χ0) is 22.0. The number of halogens is 1. The van der Waals surface area contributed by atoms with Crippen LogP contribution >= 0.6 is 11.8 Å². The van der Waals surface area contributed by atoms with E-state index in [1.165, 1.54) is 29.7 Å². The Kier molecular flexibility index (Phi) is 6.03. The minimum absolute atomic E-state index is 0.000878. The monoisotopic (exact) mass is 440 g/mol. The molecule has 2 aromatic carbocycles. The molecule has 0 unspecified atom stereocenters. The van der Waals surface area contributed by atoms with Crippen molar-refractivity contribution in [1.82, 2.24) is 19.4 Å². The van der Waals surface area contributed by atoms with Gasteiger partial charge in [0.1, 0.15) is 5.82 Å². The van der Waals surface area contributed by atoms with Crippen LogP contribution in [0.25, 0.3) is 16.6 Å². The van der Waals surface area contributed by atoms with Gasteiger partial charge in [-0.15, -0.1) is 0 Å². The van der Waals surface area contributed by atoms with E-state index in [2.05, 4.69) is 4.98 Å². The Morgan fingerprint density at radius 1 is 1.03 bits per heavy atom. The molecule has 0 saturated carbocycles. The van der Waals surface area contributed by atoms with E-state index in [4.69, 9.17) is 0 Å². The van der Waals surface area contributed by atoms with Gasteiger partial charge >= 0.3 is 0 Å². The lowest BCUT2D eigenvalue weighted by Gasteiger charge is -2.34. The third-order valence-electron chi connectivity index (χ3n) is 5.21. The van der Waals surface area contributed by atoms with Crippen molar-refractivity contribution in [3.63, 3.8) is 0 Å². The molecule has 9 heteroatoms. The lowest BCUT2D eigenvalue weighted by Crippen LogP contribution is -2.50. The molecule has 1 aliphatic rings. The van der Waals surface area contributed by atoms with E-state index < -0.39 is 5.82 Å². The molecule has 0 N–H and O–H groups in total. The molecule has 160 valence electrons. The quantitative estimate of drug-likeness (QED) is 0.460. The van der Waals surface area contributed by atoms with Crippen molar-refractivity contribution in [3.8, 4) is 5.69 Å². The Morgan fingerprint density at radius 3 is 2.45 bits per heavy atom. The number of piperazine rings is 1. The minimum atomic E-state index is -0.465. The summed E-state index contributed by atoms with van der Waals surface area (Å²) in [5.41, 5.74) is 0.555. The summed E-state index contributed by atoms with van der Waals surface area (Å²) in [6, 6.07) is 12.7. The molecule has 0 radical (unpaired) electrons. The molecule has 2 heterocycles. The van der Waals surface area contributed by atoms with Gasteiger partial charge in [-0.3, -0.25) is 19.0 Å². The zero-order valence-electron chi connectivity index (χ0n) is 17.0. The van der Waals surface area contributed by atoms with Gasteiger partial charge < -0.3 is 9.80 Å². The fraction of sp³-hybridized carbons (Fsp3) is 0.273. The SMILES string of the molecule is CC(=O)N1CCN(C(=O)CSc2nc3ccccc3c(=O)n2-c2cccc(F)c2)CC1. The number of carbonyl (C=O) groups excluding carboxylic acids is 2. The molecule has 31 heavy (non-hydrogen) atoms. The first kappa shape index (κ1) is 21.0. The number of rotatable bonds is 4. The van der Waals surface area contributed by atoms with Gasteiger partial charge in [0, 0.05) is 33.1 Å². The molecule has 1 aromatic heterocycles. The topological polar surface area (TPSA) is 75.5 Å². The van der Waals surface area contributed by atoms with Crippen molar-refractivity contribution in [1.29, 1.82) is 0 Å².